The van der Waals surface area contributed by atoms with E-state index in [0.717, 1.165) is 36.2 Å². The van der Waals surface area contributed by atoms with Gasteiger partial charge in [0.15, 0.2) is 0 Å². The Morgan fingerprint density at radius 3 is 2.30 bits per heavy atom. The van der Waals surface area contributed by atoms with Crippen molar-refractivity contribution in [2.24, 2.45) is 0 Å². The fraction of sp³-hybridized carbons (Fsp3) is 0.228. The standard InChI is InChI=1S/C45H38N2S.C8H12.2C2H6/c1-28-20-22-31(23-21-28)46-32-24-25-35-34-13-4-7-15-38(34)45(40(35)27-32)29(2)26-37-36-14-6-11-19-43(36)48-44(37)30(3)33-12-5-9-17-41(33)47-42-18-10-8-16-39(42)45;1-4-6-8(3)7-5-2;2*1-2/h4-16,18-20,22,24-27,41,46-47H,3,17,21,23H2,1-2H3;4-7H,1H2,2-3H3;2*1-2H3/b29-26+;7-5-,8-6-;;. The summed E-state index contributed by atoms with van der Waals surface area (Å²) in [5, 5.41) is 9.17. The Morgan fingerprint density at radius 2 is 1.55 bits per heavy atom. The number of rotatable bonds is 4. The highest BCUT2D eigenvalue weighted by atomic mass is 32.1. The summed E-state index contributed by atoms with van der Waals surface area (Å²) < 4.78 is 1.29. The minimum absolute atomic E-state index is 0.107. The molecule has 0 fully saturated rings. The van der Waals surface area contributed by atoms with Gasteiger partial charge in [-0.05, 0) is 116 Å². The van der Waals surface area contributed by atoms with E-state index in [1.807, 2.05) is 71.1 Å². The summed E-state index contributed by atoms with van der Waals surface area (Å²) in [5.41, 5.74) is 17.1. The monoisotopic (exact) mass is 806 g/mol. The molecule has 2 nitrogen and oxygen atoms in total. The SMILES string of the molecule is C=C/C=C(C)\C=C/C.C=C1C2=CC=CCC2Nc2ccccc2C2(/C(C)=C/c3c1sc1ccccc31)c1ccccc1-c1ccc(NC3=CC=C(C)CC3)cc12.CC.CC. The zero-order valence-electron chi connectivity index (χ0n) is 37.0. The van der Waals surface area contributed by atoms with Crippen LogP contribution in [0.15, 0.2) is 187 Å². The van der Waals surface area contributed by atoms with Gasteiger partial charge >= 0.3 is 0 Å². The molecule has 0 radical (unpaired) electrons. The molecular formula is C57H62N2S. The molecule has 3 heteroatoms. The molecule has 9 rings (SSSR count). The Labute approximate surface area is 364 Å². The molecule has 3 aliphatic carbocycles. The number of anilines is 2. The van der Waals surface area contributed by atoms with Gasteiger partial charge in [-0.3, -0.25) is 0 Å². The van der Waals surface area contributed by atoms with E-state index in [1.54, 1.807) is 6.08 Å². The maximum Gasteiger partial charge on any atom is 0.0694 e. The average molecular weight is 807 g/mol. The minimum atomic E-state index is -0.523. The van der Waals surface area contributed by atoms with Crippen LogP contribution in [-0.4, -0.2) is 6.04 Å². The van der Waals surface area contributed by atoms with Crippen molar-refractivity contribution in [1.29, 1.82) is 0 Å². The summed E-state index contributed by atoms with van der Waals surface area (Å²) in [4.78, 5) is 1.25. The molecule has 2 N–H and O–H groups in total. The van der Waals surface area contributed by atoms with Gasteiger partial charge in [-0.2, -0.15) is 0 Å². The molecule has 1 spiro atoms. The Bertz CT molecular complexity index is 2590. The number of benzene rings is 4. The molecule has 0 bridgehead atoms. The van der Waals surface area contributed by atoms with Gasteiger partial charge in [-0.1, -0.05) is 179 Å². The molecular weight excluding hydrogens is 745 g/mol. The van der Waals surface area contributed by atoms with Gasteiger partial charge < -0.3 is 10.6 Å². The van der Waals surface area contributed by atoms with Gasteiger partial charge in [-0.25, -0.2) is 0 Å². The highest BCUT2D eigenvalue weighted by Crippen LogP contribution is 2.59. The second kappa shape index (κ2) is 19.9. The fourth-order valence-corrected chi connectivity index (χ4v) is 10.1. The molecule has 0 saturated carbocycles. The van der Waals surface area contributed by atoms with Crippen molar-refractivity contribution in [1.82, 2.24) is 0 Å². The summed E-state index contributed by atoms with van der Waals surface area (Å²) in [6.07, 6.45) is 24.5. The summed E-state index contributed by atoms with van der Waals surface area (Å²) in [6, 6.07) is 34.0. The lowest BCUT2D eigenvalue weighted by Crippen LogP contribution is -2.31. The molecule has 306 valence electrons. The molecule has 1 aromatic heterocycles. The largest absolute Gasteiger partial charge is 0.378 e. The van der Waals surface area contributed by atoms with E-state index >= 15 is 0 Å². The highest BCUT2D eigenvalue weighted by Gasteiger charge is 2.48. The van der Waals surface area contributed by atoms with Crippen LogP contribution in [0.3, 0.4) is 0 Å². The lowest BCUT2D eigenvalue weighted by Gasteiger charge is -2.37. The van der Waals surface area contributed by atoms with E-state index in [2.05, 4.69) is 159 Å². The number of thiophene rings is 1. The van der Waals surface area contributed by atoms with Crippen LogP contribution in [-0.2, 0) is 5.41 Å². The van der Waals surface area contributed by atoms with Crippen molar-refractivity contribution in [3.05, 3.63) is 214 Å². The number of fused-ring (bicyclic) bond motifs is 11. The molecule has 2 unspecified atom stereocenters. The zero-order chi connectivity index (χ0) is 42.8. The molecule has 5 aromatic rings. The average Bonchev–Trinajstić information content (AvgIpc) is 3.79. The maximum absolute atomic E-state index is 4.77. The van der Waals surface area contributed by atoms with E-state index in [9.17, 15) is 0 Å². The van der Waals surface area contributed by atoms with Crippen LogP contribution in [0, 0.1) is 0 Å². The second-order valence-electron chi connectivity index (χ2n) is 15.2. The topological polar surface area (TPSA) is 24.1 Å². The van der Waals surface area contributed by atoms with Crippen LogP contribution in [0.4, 0.5) is 11.4 Å². The van der Waals surface area contributed by atoms with E-state index < -0.39 is 5.41 Å². The van der Waals surface area contributed by atoms with Crippen LogP contribution in [0.2, 0.25) is 0 Å². The fourth-order valence-electron chi connectivity index (χ4n) is 8.91. The first-order valence-electron chi connectivity index (χ1n) is 21.8. The van der Waals surface area contributed by atoms with Crippen molar-refractivity contribution < 1.29 is 0 Å². The predicted molar refractivity (Wildman–Crippen MR) is 268 cm³/mol. The lowest BCUT2D eigenvalue weighted by atomic mass is 9.66. The van der Waals surface area contributed by atoms with E-state index in [-0.39, 0.29) is 6.04 Å². The van der Waals surface area contributed by atoms with E-state index in [4.69, 9.17) is 6.58 Å². The van der Waals surface area contributed by atoms with E-state index in [1.165, 1.54) is 76.3 Å². The number of hydrogen-bond acceptors (Lipinski definition) is 3. The van der Waals surface area contributed by atoms with Crippen LogP contribution in [0.1, 0.15) is 102 Å². The molecule has 0 saturated heterocycles. The Hall–Kier alpha value is -5.90. The molecule has 2 atom stereocenters. The van der Waals surface area contributed by atoms with Gasteiger partial charge in [0.2, 0.25) is 0 Å². The Balaban J connectivity index is 0.000000449. The first kappa shape index (κ1) is 43.7. The third-order valence-electron chi connectivity index (χ3n) is 11.5. The summed E-state index contributed by atoms with van der Waals surface area (Å²) in [7, 11) is 0. The third kappa shape index (κ3) is 8.42. The van der Waals surface area contributed by atoms with Crippen molar-refractivity contribution >= 4 is 44.4 Å². The van der Waals surface area contributed by atoms with Gasteiger partial charge in [0, 0.05) is 37.6 Å². The Morgan fingerprint density at radius 1 is 0.833 bits per heavy atom. The smallest absolute Gasteiger partial charge is 0.0694 e. The summed E-state index contributed by atoms with van der Waals surface area (Å²) in [6.45, 7) is 25.0. The molecule has 4 aromatic carbocycles. The van der Waals surface area contributed by atoms with Gasteiger partial charge in [0.05, 0.1) is 11.5 Å². The van der Waals surface area contributed by atoms with Gasteiger partial charge in [0.1, 0.15) is 0 Å². The summed E-state index contributed by atoms with van der Waals surface area (Å²) >= 11 is 1.86. The predicted octanol–water partition coefficient (Wildman–Crippen LogP) is 16.8. The second-order valence-corrected chi connectivity index (χ2v) is 16.3. The van der Waals surface area contributed by atoms with E-state index in [0.29, 0.717) is 0 Å². The molecule has 2 heterocycles. The number of hydrogen-bond donors (Lipinski definition) is 2. The Kier molecular flexibility index (Phi) is 14.5. The van der Waals surface area contributed by atoms with Crippen molar-refractivity contribution in [2.75, 3.05) is 10.6 Å². The van der Waals surface area contributed by atoms with Crippen LogP contribution in [0.5, 0.6) is 0 Å². The van der Waals surface area contributed by atoms with Crippen LogP contribution in [0.25, 0.3) is 32.9 Å². The highest BCUT2D eigenvalue weighted by molar-refractivity contribution is 7.20. The summed E-state index contributed by atoms with van der Waals surface area (Å²) in [5.74, 6) is 0. The molecule has 1 aliphatic heterocycles. The normalized spacial score (nSPS) is 19.5. The van der Waals surface area contributed by atoms with Crippen LogP contribution < -0.4 is 10.6 Å². The first-order chi connectivity index (χ1) is 29.3. The molecule has 4 aliphatic rings. The van der Waals surface area contributed by atoms with Crippen molar-refractivity contribution in [3.63, 3.8) is 0 Å². The lowest BCUT2D eigenvalue weighted by molar-refractivity contribution is 0.748. The van der Waals surface area contributed by atoms with Gasteiger partial charge in [0.25, 0.3) is 0 Å². The number of nitrogens with one attached hydrogen (secondary N) is 2. The maximum atomic E-state index is 4.77. The first-order valence-corrected chi connectivity index (χ1v) is 22.6. The van der Waals surface area contributed by atoms with Crippen LogP contribution >= 0.6 is 11.3 Å². The minimum Gasteiger partial charge on any atom is -0.378 e. The van der Waals surface area contributed by atoms with Gasteiger partial charge in [-0.15, -0.1) is 11.3 Å². The van der Waals surface area contributed by atoms with Crippen molar-refractivity contribution in [2.45, 2.75) is 86.1 Å². The number of para-hydroxylation sites is 1. The quantitative estimate of drug-likeness (QED) is 0.177. The molecule has 60 heavy (non-hydrogen) atoms. The third-order valence-corrected chi connectivity index (χ3v) is 12.8. The zero-order valence-corrected chi connectivity index (χ0v) is 37.8. The van der Waals surface area contributed by atoms with Crippen molar-refractivity contribution in [3.8, 4) is 11.1 Å². The number of allylic oxidation sites excluding steroid dienone is 12. The molecule has 0 amide bonds.